The summed E-state index contributed by atoms with van der Waals surface area (Å²) in [6.07, 6.45) is 4.31. The molecular weight excluding hydrogens is 503 g/mol. The number of halogens is 1. The van der Waals surface area contributed by atoms with E-state index < -0.39 is 0 Å². The molecule has 0 aliphatic heterocycles. The van der Waals surface area contributed by atoms with Gasteiger partial charge in [0, 0.05) is 30.3 Å². The predicted octanol–water partition coefficient (Wildman–Crippen LogP) is 4.70. The van der Waals surface area contributed by atoms with Gasteiger partial charge in [0.15, 0.2) is 5.96 Å². The van der Waals surface area contributed by atoms with Crippen molar-refractivity contribution in [3.63, 3.8) is 0 Å². The molecule has 1 fully saturated rings. The van der Waals surface area contributed by atoms with Gasteiger partial charge in [0.05, 0.1) is 13.7 Å². The highest BCUT2D eigenvalue weighted by molar-refractivity contribution is 14.0. The zero-order valence-corrected chi connectivity index (χ0v) is 20.6. The number of methoxy groups -OCH3 is 1. The fourth-order valence-electron chi connectivity index (χ4n) is 3.72. The van der Waals surface area contributed by atoms with Crippen molar-refractivity contribution in [1.29, 1.82) is 0 Å². The topological polar surface area (TPSA) is 74.8 Å². The van der Waals surface area contributed by atoms with Gasteiger partial charge in [0.1, 0.15) is 5.75 Å². The average molecular weight is 536 g/mol. The van der Waals surface area contributed by atoms with Gasteiger partial charge in [-0.1, -0.05) is 43.2 Å². The maximum Gasteiger partial charge on any atom is 0.227 e. The molecule has 168 valence electrons. The average Bonchev–Trinajstić information content (AvgIpc) is 3.31. The first-order valence-corrected chi connectivity index (χ1v) is 10.7. The fourth-order valence-corrected chi connectivity index (χ4v) is 3.72. The van der Waals surface area contributed by atoms with Crippen molar-refractivity contribution in [1.82, 2.24) is 10.6 Å². The Hall–Kier alpha value is -2.29. The molecule has 0 bridgehead atoms. The number of amides is 1. The SMILES string of the molecule is CCNC(=NCc1cccc(NC(=O)C2CCCC2)c1)NCc1ccccc1OC.I. The summed E-state index contributed by atoms with van der Waals surface area (Å²) in [4.78, 5) is 17.1. The summed E-state index contributed by atoms with van der Waals surface area (Å²) in [7, 11) is 1.68. The number of rotatable bonds is 8. The van der Waals surface area contributed by atoms with Crippen molar-refractivity contribution in [2.75, 3.05) is 19.0 Å². The molecule has 1 aliphatic carbocycles. The Bertz CT molecular complexity index is 866. The summed E-state index contributed by atoms with van der Waals surface area (Å²) in [5.41, 5.74) is 2.96. The van der Waals surface area contributed by atoms with E-state index in [0.29, 0.717) is 13.1 Å². The van der Waals surface area contributed by atoms with E-state index in [2.05, 4.69) is 16.0 Å². The molecule has 1 amide bonds. The molecule has 1 saturated carbocycles. The number of para-hydroxylation sites is 1. The summed E-state index contributed by atoms with van der Waals surface area (Å²) in [5, 5.41) is 9.69. The number of aliphatic imine (C=N–C) groups is 1. The molecule has 0 atom stereocenters. The van der Waals surface area contributed by atoms with Gasteiger partial charge in [-0.2, -0.15) is 0 Å². The van der Waals surface area contributed by atoms with Crippen molar-refractivity contribution < 1.29 is 9.53 Å². The minimum atomic E-state index is 0. The third-order valence-electron chi connectivity index (χ3n) is 5.32. The Morgan fingerprint density at radius 1 is 1.10 bits per heavy atom. The maximum absolute atomic E-state index is 12.4. The maximum atomic E-state index is 12.4. The van der Waals surface area contributed by atoms with Crippen molar-refractivity contribution in [2.24, 2.45) is 10.9 Å². The van der Waals surface area contributed by atoms with Crippen LogP contribution in [0.2, 0.25) is 0 Å². The molecular formula is C24H33IN4O2. The number of carbonyl (C=O) groups excluding carboxylic acids is 1. The Labute approximate surface area is 202 Å². The zero-order chi connectivity index (χ0) is 21.2. The highest BCUT2D eigenvalue weighted by Crippen LogP contribution is 2.26. The van der Waals surface area contributed by atoms with Crippen LogP contribution in [-0.2, 0) is 17.9 Å². The second kappa shape index (κ2) is 13.2. The summed E-state index contributed by atoms with van der Waals surface area (Å²) >= 11 is 0. The largest absolute Gasteiger partial charge is 0.496 e. The minimum Gasteiger partial charge on any atom is -0.496 e. The molecule has 1 aliphatic rings. The number of guanidine groups is 1. The van der Waals surface area contributed by atoms with Crippen LogP contribution in [0.25, 0.3) is 0 Å². The Morgan fingerprint density at radius 2 is 1.87 bits per heavy atom. The summed E-state index contributed by atoms with van der Waals surface area (Å²) < 4.78 is 5.41. The highest BCUT2D eigenvalue weighted by Gasteiger charge is 2.22. The zero-order valence-electron chi connectivity index (χ0n) is 18.3. The van der Waals surface area contributed by atoms with Gasteiger partial charge in [0.25, 0.3) is 0 Å². The Kier molecular flexibility index (Phi) is 10.6. The number of ether oxygens (including phenoxy) is 1. The molecule has 0 heterocycles. The van der Waals surface area contributed by atoms with Crippen LogP contribution in [0.4, 0.5) is 5.69 Å². The number of anilines is 1. The molecule has 6 nitrogen and oxygen atoms in total. The van der Waals surface area contributed by atoms with Crippen LogP contribution in [-0.4, -0.2) is 25.5 Å². The number of hydrogen-bond donors (Lipinski definition) is 3. The third-order valence-corrected chi connectivity index (χ3v) is 5.32. The van der Waals surface area contributed by atoms with Crippen molar-refractivity contribution in [3.05, 3.63) is 59.7 Å². The van der Waals surface area contributed by atoms with Gasteiger partial charge in [-0.05, 0) is 43.5 Å². The molecule has 2 aromatic carbocycles. The van der Waals surface area contributed by atoms with E-state index >= 15 is 0 Å². The van der Waals surface area contributed by atoms with Crippen LogP contribution in [0, 0.1) is 5.92 Å². The minimum absolute atomic E-state index is 0. The number of nitrogens with zero attached hydrogens (tertiary/aromatic N) is 1. The van der Waals surface area contributed by atoms with Crippen LogP contribution in [0.15, 0.2) is 53.5 Å². The monoisotopic (exact) mass is 536 g/mol. The number of benzene rings is 2. The lowest BCUT2D eigenvalue weighted by atomic mass is 10.1. The second-order valence-corrected chi connectivity index (χ2v) is 7.53. The van der Waals surface area contributed by atoms with Gasteiger partial charge >= 0.3 is 0 Å². The van der Waals surface area contributed by atoms with Crippen LogP contribution in [0.5, 0.6) is 5.75 Å². The number of hydrogen-bond acceptors (Lipinski definition) is 3. The molecule has 0 aromatic heterocycles. The van der Waals surface area contributed by atoms with E-state index in [1.807, 2.05) is 55.5 Å². The molecule has 0 saturated heterocycles. The molecule has 0 unspecified atom stereocenters. The van der Waals surface area contributed by atoms with Gasteiger partial charge in [-0.15, -0.1) is 24.0 Å². The van der Waals surface area contributed by atoms with E-state index in [-0.39, 0.29) is 35.8 Å². The summed E-state index contributed by atoms with van der Waals surface area (Å²) in [5.74, 6) is 1.89. The molecule has 0 spiro atoms. The van der Waals surface area contributed by atoms with E-state index in [4.69, 9.17) is 9.73 Å². The van der Waals surface area contributed by atoms with E-state index in [1.54, 1.807) is 7.11 Å². The van der Waals surface area contributed by atoms with Crippen LogP contribution >= 0.6 is 24.0 Å². The van der Waals surface area contributed by atoms with E-state index in [0.717, 1.165) is 60.8 Å². The van der Waals surface area contributed by atoms with E-state index in [9.17, 15) is 4.79 Å². The quantitative estimate of drug-likeness (QED) is 0.260. The van der Waals surface area contributed by atoms with Crippen LogP contribution in [0.3, 0.4) is 0 Å². The first-order valence-electron chi connectivity index (χ1n) is 10.7. The van der Waals surface area contributed by atoms with Gasteiger partial charge in [-0.3, -0.25) is 4.79 Å². The van der Waals surface area contributed by atoms with Crippen molar-refractivity contribution in [2.45, 2.75) is 45.7 Å². The smallest absolute Gasteiger partial charge is 0.227 e. The second-order valence-electron chi connectivity index (χ2n) is 7.53. The van der Waals surface area contributed by atoms with E-state index in [1.165, 1.54) is 0 Å². The normalized spacial score (nSPS) is 13.9. The first-order chi connectivity index (χ1) is 14.7. The van der Waals surface area contributed by atoms with Crippen molar-refractivity contribution >= 4 is 41.5 Å². The molecule has 7 heteroatoms. The van der Waals surface area contributed by atoms with Crippen molar-refractivity contribution in [3.8, 4) is 5.75 Å². The number of carbonyl (C=O) groups is 1. The first kappa shape index (κ1) is 25.0. The fraction of sp³-hybridized carbons (Fsp3) is 0.417. The van der Waals surface area contributed by atoms with Gasteiger partial charge in [-0.25, -0.2) is 4.99 Å². The number of nitrogens with one attached hydrogen (secondary N) is 3. The lowest BCUT2D eigenvalue weighted by molar-refractivity contribution is -0.119. The van der Waals surface area contributed by atoms with Crippen LogP contribution in [0.1, 0.15) is 43.7 Å². The Morgan fingerprint density at radius 3 is 2.61 bits per heavy atom. The molecule has 3 N–H and O–H groups in total. The van der Waals surface area contributed by atoms with Crippen LogP contribution < -0.4 is 20.7 Å². The van der Waals surface area contributed by atoms with Gasteiger partial charge in [0.2, 0.25) is 5.91 Å². The summed E-state index contributed by atoms with van der Waals surface area (Å²) in [6.45, 7) is 3.95. The molecule has 0 radical (unpaired) electrons. The lowest BCUT2D eigenvalue weighted by Gasteiger charge is -2.14. The predicted molar refractivity (Wildman–Crippen MR) is 137 cm³/mol. The molecule has 2 aromatic rings. The highest BCUT2D eigenvalue weighted by atomic mass is 127. The Balaban J connectivity index is 0.00000341. The van der Waals surface area contributed by atoms with Gasteiger partial charge < -0.3 is 20.7 Å². The molecule has 3 rings (SSSR count). The standard InChI is InChI=1S/C24H32N4O2.HI/c1-3-25-24(27-17-20-12-6-7-14-22(20)30-2)26-16-18-9-8-13-21(15-18)28-23(29)19-10-4-5-11-19;/h6-9,12-15,19H,3-5,10-11,16-17H2,1-2H3,(H,28,29)(H2,25,26,27);1H. The molecule has 31 heavy (non-hydrogen) atoms. The third kappa shape index (κ3) is 7.72. The lowest BCUT2D eigenvalue weighted by Crippen LogP contribution is -2.36. The summed E-state index contributed by atoms with van der Waals surface area (Å²) in [6, 6.07) is 15.9.